The molecule has 0 aliphatic carbocycles. The van der Waals surface area contributed by atoms with E-state index in [1.807, 2.05) is 36.1 Å². The van der Waals surface area contributed by atoms with Gasteiger partial charge in [-0.15, -0.1) is 0 Å². The number of halogens is 1. The summed E-state index contributed by atoms with van der Waals surface area (Å²) in [6, 6.07) is 10.3. The van der Waals surface area contributed by atoms with Gasteiger partial charge in [-0.25, -0.2) is 0 Å². The summed E-state index contributed by atoms with van der Waals surface area (Å²) in [7, 11) is 1.94. The zero-order valence-corrected chi connectivity index (χ0v) is 9.39. The van der Waals surface area contributed by atoms with Gasteiger partial charge in [0.05, 0.1) is 0 Å². The molecule has 2 rings (SSSR count). The molecule has 1 aromatic heterocycles. The van der Waals surface area contributed by atoms with Gasteiger partial charge in [-0.05, 0) is 28.2 Å². The standard InChI is InChI=1S/C10H9IN2/c1-13-7-9(10(11)12-13)8-5-3-2-4-6-8/h2-7H,1H3. The van der Waals surface area contributed by atoms with E-state index in [1.54, 1.807) is 0 Å². The van der Waals surface area contributed by atoms with E-state index in [0.29, 0.717) is 0 Å². The average molecular weight is 284 g/mol. The highest BCUT2D eigenvalue weighted by molar-refractivity contribution is 14.1. The molecule has 0 fully saturated rings. The lowest BCUT2D eigenvalue weighted by molar-refractivity contribution is 0.760. The van der Waals surface area contributed by atoms with Crippen LogP contribution in [0, 0.1) is 3.70 Å². The van der Waals surface area contributed by atoms with Crippen LogP contribution in [0.15, 0.2) is 36.5 Å². The third-order valence-corrected chi connectivity index (χ3v) is 2.67. The van der Waals surface area contributed by atoms with Crippen LogP contribution < -0.4 is 0 Å². The summed E-state index contributed by atoms with van der Waals surface area (Å²) in [6.45, 7) is 0. The predicted molar refractivity (Wildman–Crippen MR) is 61.4 cm³/mol. The topological polar surface area (TPSA) is 17.8 Å². The Kier molecular flexibility index (Phi) is 2.35. The van der Waals surface area contributed by atoms with E-state index in [2.05, 4.69) is 39.8 Å². The Morgan fingerprint density at radius 3 is 2.46 bits per heavy atom. The maximum Gasteiger partial charge on any atom is 0.131 e. The smallest absolute Gasteiger partial charge is 0.131 e. The summed E-state index contributed by atoms with van der Waals surface area (Å²) in [6.07, 6.45) is 2.04. The first-order chi connectivity index (χ1) is 6.27. The summed E-state index contributed by atoms with van der Waals surface area (Å²) in [5.74, 6) is 0. The van der Waals surface area contributed by atoms with Crippen LogP contribution in [0.2, 0.25) is 0 Å². The molecule has 0 unspecified atom stereocenters. The van der Waals surface area contributed by atoms with Crippen LogP contribution in [-0.4, -0.2) is 9.78 Å². The van der Waals surface area contributed by atoms with E-state index >= 15 is 0 Å². The molecule has 0 saturated heterocycles. The number of aromatic nitrogens is 2. The van der Waals surface area contributed by atoms with Gasteiger partial charge in [0.15, 0.2) is 0 Å². The molecule has 0 radical (unpaired) electrons. The Morgan fingerprint density at radius 2 is 1.92 bits per heavy atom. The van der Waals surface area contributed by atoms with E-state index in [4.69, 9.17) is 0 Å². The van der Waals surface area contributed by atoms with Crippen LogP contribution in [0.5, 0.6) is 0 Å². The van der Waals surface area contributed by atoms with Gasteiger partial charge in [0.25, 0.3) is 0 Å². The van der Waals surface area contributed by atoms with E-state index < -0.39 is 0 Å². The number of benzene rings is 1. The normalized spacial score (nSPS) is 10.3. The van der Waals surface area contributed by atoms with Gasteiger partial charge in [-0.3, -0.25) is 4.68 Å². The third kappa shape index (κ3) is 1.75. The molecule has 1 aromatic carbocycles. The second kappa shape index (κ2) is 3.49. The van der Waals surface area contributed by atoms with Crippen LogP contribution >= 0.6 is 22.6 Å². The van der Waals surface area contributed by atoms with Crippen molar-refractivity contribution in [3.63, 3.8) is 0 Å². The Hall–Kier alpha value is -0.840. The molecule has 0 aliphatic rings. The number of hydrogen-bond acceptors (Lipinski definition) is 1. The molecular formula is C10H9IN2. The van der Waals surface area contributed by atoms with Gasteiger partial charge < -0.3 is 0 Å². The van der Waals surface area contributed by atoms with Gasteiger partial charge in [-0.1, -0.05) is 30.3 Å². The van der Waals surface area contributed by atoms with E-state index in [1.165, 1.54) is 11.1 Å². The predicted octanol–water partition coefficient (Wildman–Crippen LogP) is 2.69. The van der Waals surface area contributed by atoms with Crippen molar-refractivity contribution < 1.29 is 0 Å². The monoisotopic (exact) mass is 284 g/mol. The summed E-state index contributed by atoms with van der Waals surface area (Å²) >= 11 is 2.25. The molecule has 1 heterocycles. The quantitative estimate of drug-likeness (QED) is 0.736. The molecule has 2 nitrogen and oxygen atoms in total. The van der Waals surface area contributed by atoms with Crippen LogP contribution in [0.1, 0.15) is 0 Å². The van der Waals surface area contributed by atoms with Gasteiger partial charge in [0, 0.05) is 18.8 Å². The van der Waals surface area contributed by atoms with E-state index in [-0.39, 0.29) is 0 Å². The molecule has 66 valence electrons. The first-order valence-electron chi connectivity index (χ1n) is 4.02. The second-order valence-electron chi connectivity index (χ2n) is 2.87. The van der Waals surface area contributed by atoms with Crippen LogP contribution in [0.3, 0.4) is 0 Å². The fourth-order valence-electron chi connectivity index (χ4n) is 1.27. The Bertz CT molecular complexity index is 406. The fraction of sp³-hybridized carbons (Fsp3) is 0.100. The molecule has 0 N–H and O–H groups in total. The first kappa shape index (κ1) is 8.74. The minimum Gasteiger partial charge on any atom is -0.274 e. The molecule has 13 heavy (non-hydrogen) atoms. The molecule has 2 aromatic rings. The number of nitrogens with zero attached hydrogens (tertiary/aromatic N) is 2. The highest BCUT2D eigenvalue weighted by atomic mass is 127. The Balaban J connectivity index is 2.53. The number of rotatable bonds is 1. The van der Waals surface area contributed by atoms with Crippen LogP contribution in [0.4, 0.5) is 0 Å². The van der Waals surface area contributed by atoms with Crippen molar-refractivity contribution in [2.45, 2.75) is 0 Å². The summed E-state index contributed by atoms with van der Waals surface area (Å²) in [5, 5.41) is 4.29. The third-order valence-electron chi connectivity index (χ3n) is 1.87. The Labute approximate surface area is 90.7 Å². The summed E-state index contributed by atoms with van der Waals surface area (Å²) in [5.41, 5.74) is 2.42. The van der Waals surface area contributed by atoms with Crippen LogP contribution in [0.25, 0.3) is 11.1 Å². The lowest BCUT2D eigenvalue weighted by atomic mass is 10.1. The number of aryl methyl sites for hydroxylation is 1. The lowest BCUT2D eigenvalue weighted by Crippen LogP contribution is -1.85. The fourth-order valence-corrected chi connectivity index (χ4v) is 2.06. The largest absolute Gasteiger partial charge is 0.274 e. The molecule has 0 saturated carbocycles. The van der Waals surface area contributed by atoms with Crippen molar-refractivity contribution in [1.82, 2.24) is 9.78 Å². The van der Waals surface area contributed by atoms with Gasteiger partial charge >= 0.3 is 0 Å². The van der Waals surface area contributed by atoms with Crippen molar-refractivity contribution in [3.8, 4) is 11.1 Å². The summed E-state index contributed by atoms with van der Waals surface area (Å²) in [4.78, 5) is 0. The van der Waals surface area contributed by atoms with Crippen molar-refractivity contribution in [2.75, 3.05) is 0 Å². The van der Waals surface area contributed by atoms with Gasteiger partial charge in [-0.2, -0.15) is 5.10 Å². The van der Waals surface area contributed by atoms with Gasteiger partial charge in [0.1, 0.15) is 3.70 Å². The molecule has 0 spiro atoms. The zero-order chi connectivity index (χ0) is 9.26. The molecule has 0 atom stereocenters. The molecular weight excluding hydrogens is 275 g/mol. The highest BCUT2D eigenvalue weighted by Gasteiger charge is 2.05. The molecule has 3 heteroatoms. The molecule has 0 amide bonds. The zero-order valence-electron chi connectivity index (χ0n) is 7.24. The molecule has 0 aliphatic heterocycles. The van der Waals surface area contributed by atoms with Crippen molar-refractivity contribution in [3.05, 3.63) is 40.2 Å². The average Bonchev–Trinajstić information content (AvgIpc) is 2.47. The van der Waals surface area contributed by atoms with Crippen LogP contribution in [-0.2, 0) is 7.05 Å². The maximum atomic E-state index is 4.29. The molecule has 0 bridgehead atoms. The minimum atomic E-state index is 1.05. The van der Waals surface area contributed by atoms with Crippen molar-refractivity contribution >= 4 is 22.6 Å². The maximum absolute atomic E-state index is 4.29. The number of hydrogen-bond donors (Lipinski definition) is 0. The van der Waals surface area contributed by atoms with Gasteiger partial charge in [0.2, 0.25) is 0 Å². The lowest BCUT2D eigenvalue weighted by Gasteiger charge is -1.95. The minimum absolute atomic E-state index is 1.05. The van der Waals surface area contributed by atoms with E-state index in [9.17, 15) is 0 Å². The van der Waals surface area contributed by atoms with E-state index in [0.717, 1.165) is 3.70 Å². The van der Waals surface area contributed by atoms with Crippen molar-refractivity contribution in [2.24, 2.45) is 7.05 Å². The summed E-state index contributed by atoms with van der Waals surface area (Å²) < 4.78 is 2.88. The first-order valence-corrected chi connectivity index (χ1v) is 5.10. The SMILES string of the molecule is Cn1cc(-c2ccccc2)c(I)n1. The van der Waals surface area contributed by atoms with Crippen molar-refractivity contribution in [1.29, 1.82) is 0 Å². The highest BCUT2D eigenvalue weighted by Crippen LogP contribution is 2.23. The second-order valence-corrected chi connectivity index (χ2v) is 3.90. The Morgan fingerprint density at radius 1 is 1.23 bits per heavy atom.